The number of rotatable bonds is 7. The molecule has 3 rings (SSSR count). The van der Waals surface area contributed by atoms with Gasteiger partial charge in [0.2, 0.25) is 0 Å². The van der Waals surface area contributed by atoms with Crippen molar-refractivity contribution in [1.82, 2.24) is 10.6 Å². The predicted octanol–water partition coefficient (Wildman–Crippen LogP) is 4.15. The number of aryl methyl sites for hydroxylation is 1. The minimum atomic E-state index is -0.346. The smallest absolute Gasteiger partial charge is 0.268 e. The molecular weight excluding hydrogens is 386 g/mol. The topological polar surface area (TPSA) is 61.4 Å². The fourth-order valence-electron chi connectivity index (χ4n) is 2.96. The minimum absolute atomic E-state index is 0.193. The first kappa shape index (κ1) is 21.8. The molecule has 0 saturated heterocycles. The van der Waals surface area contributed by atoms with Crippen molar-refractivity contribution >= 4 is 23.6 Å². The van der Waals surface area contributed by atoms with Crippen molar-refractivity contribution in [2.45, 2.75) is 13.5 Å². The Morgan fingerprint density at radius 3 is 2.13 bits per heavy atom. The first-order valence-electron chi connectivity index (χ1n) is 10.1. The Morgan fingerprint density at radius 1 is 0.871 bits per heavy atom. The highest BCUT2D eigenvalue weighted by atomic mass is 16.2. The largest absolute Gasteiger partial charge is 0.378 e. The van der Waals surface area contributed by atoms with Gasteiger partial charge in [-0.05, 0) is 48.4 Å². The lowest BCUT2D eigenvalue weighted by Gasteiger charge is -2.13. The lowest BCUT2D eigenvalue weighted by atomic mass is 10.1. The molecule has 0 fully saturated rings. The van der Waals surface area contributed by atoms with Crippen molar-refractivity contribution in [1.29, 1.82) is 0 Å². The van der Waals surface area contributed by atoms with Crippen LogP contribution in [0.1, 0.15) is 27.0 Å². The van der Waals surface area contributed by atoms with Crippen molar-refractivity contribution in [3.05, 3.63) is 107 Å². The first-order chi connectivity index (χ1) is 14.9. The second-order valence-electron chi connectivity index (χ2n) is 7.53. The molecule has 2 amide bonds. The molecule has 0 aliphatic rings. The second kappa shape index (κ2) is 10.3. The molecule has 5 heteroatoms. The average Bonchev–Trinajstić information content (AvgIpc) is 2.79. The lowest BCUT2D eigenvalue weighted by Crippen LogP contribution is -2.34. The van der Waals surface area contributed by atoms with E-state index in [1.165, 1.54) is 0 Å². The number of amides is 2. The van der Waals surface area contributed by atoms with Crippen molar-refractivity contribution in [2.24, 2.45) is 0 Å². The molecule has 0 radical (unpaired) electrons. The van der Waals surface area contributed by atoms with Crippen LogP contribution in [0.15, 0.2) is 84.6 Å². The maximum Gasteiger partial charge on any atom is 0.268 e. The van der Waals surface area contributed by atoms with E-state index in [0.29, 0.717) is 12.1 Å². The van der Waals surface area contributed by atoms with Gasteiger partial charge in [0, 0.05) is 31.9 Å². The van der Waals surface area contributed by atoms with E-state index in [4.69, 9.17) is 0 Å². The normalized spacial score (nSPS) is 11.0. The molecule has 3 aromatic rings. The van der Waals surface area contributed by atoms with E-state index >= 15 is 0 Å². The van der Waals surface area contributed by atoms with Crippen LogP contribution in [0.3, 0.4) is 0 Å². The first-order valence-corrected chi connectivity index (χ1v) is 10.1. The highest BCUT2D eigenvalue weighted by Gasteiger charge is 2.14. The van der Waals surface area contributed by atoms with E-state index in [1.807, 2.05) is 80.5 Å². The van der Waals surface area contributed by atoms with Crippen LogP contribution in [-0.4, -0.2) is 25.9 Å². The van der Waals surface area contributed by atoms with Gasteiger partial charge in [-0.3, -0.25) is 9.59 Å². The molecule has 0 atom stereocenters. The Bertz CT molecular complexity index is 1050. The summed E-state index contributed by atoms with van der Waals surface area (Å²) in [4.78, 5) is 27.6. The Hall–Kier alpha value is -3.86. The summed E-state index contributed by atoms with van der Waals surface area (Å²) in [5.41, 5.74) is 4.70. The number of carbonyl (C=O) groups is 2. The number of hydrogen-bond acceptors (Lipinski definition) is 3. The monoisotopic (exact) mass is 413 g/mol. The van der Waals surface area contributed by atoms with Gasteiger partial charge in [-0.2, -0.15) is 0 Å². The van der Waals surface area contributed by atoms with E-state index in [-0.39, 0.29) is 17.5 Å². The second-order valence-corrected chi connectivity index (χ2v) is 7.53. The van der Waals surface area contributed by atoms with Crippen LogP contribution < -0.4 is 15.5 Å². The maximum absolute atomic E-state index is 12.9. The molecule has 0 aliphatic heterocycles. The zero-order valence-corrected chi connectivity index (χ0v) is 18.1. The standard InChI is InChI=1S/C26H27N3O2/c1-19-9-11-21(12-10-19)18-27-26(31)24(28-25(30)22-7-5-4-6-8-22)17-20-13-15-23(16-14-20)29(2)3/h4-17H,18H2,1-3H3,(H,27,31)(H,28,30)/b24-17+. The third-order valence-corrected chi connectivity index (χ3v) is 4.82. The van der Waals surface area contributed by atoms with Crippen molar-refractivity contribution < 1.29 is 9.59 Å². The van der Waals surface area contributed by atoms with Crippen LogP contribution in [0.2, 0.25) is 0 Å². The fraction of sp³-hybridized carbons (Fsp3) is 0.154. The van der Waals surface area contributed by atoms with Gasteiger partial charge in [-0.25, -0.2) is 0 Å². The molecule has 2 N–H and O–H groups in total. The summed E-state index contributed by atoms with van der Waals surface area (Å²) in [5.74, 6) is -0.677. The predicted molar refractivity (Wildman–Crippen MR) is 126 cm³/mol. The summed E-state index contributed by atoms with van der Waals surface area (Å²) in [6.07, 6.45) is 1.69. The number of anilines is 1. The van der Waals surface area contributed by atoms with Gasteiger partial charge in [0.15, 0.2) is 0 Å². The zero-order valence-electron chi connectivity index (χ0n) is 18.1. The van der Waals surface area contributed by atoms with E-state index < -0.39 is 0 Å². The molecule has 158 valence electrons. The van der Waals surface area contributed by atoms with Gasteiger partial charge in [0.25, 0.3) is 11.8 Å². The van der Waals surface area contributed by atoms with Crippen molar-refractivity contribution in [3.8, 4) is 0 Å². The summed E-state index contributed by atoms with van der Waals surface area (Å²) in [6, 6.07) is 24.5. The SMILES string of the molecule is Cc1ccc(CNC(=O)/C(=C\c2ccc(N(C)C)cc2)NC(=O)c2ccccc2)cc1. The molecule has 0 aliphatic carbocycles. The van der Waals surface area contributed by atoms with E-state index in [0.717, 1.165) is 22.4 Å². The number of nitrogens with one attached hydrogen (secondary N) is 2. The zero-order chi connectivity index (χ0) is 22.2. The number of benzene rings is 3. The molecule has 0 heterocycles. The van der Waals surface area contributed by atoms with Crippen molar-refractivity contribution in [2.75, 3.05) is 19.0 Å². The average molecular weight is 414 g/mol. The van der Waals surface area contributed by atoms with Crippen LogP contribution in [0.5, 0.6) is 0 Å². The molecule has 0 spiro atoms. The van der Waals surface area contributed by atoms with Gasteiger partial charge in [0.1, 0.15) is 5.70 Å². The van der Waals surface area contributed by atoms with E-state index in [1.54, 1.807) is 30.3 Å². The van der Waals surface area contributed by atoms with Crippen LogP contribution in [0.25, 0.3) is 6.08 Å². The molecule has 31 heavy (non-hydrogen) atoms. The highest BCUT2D eigenvalue weighted by Crippen LogP contribution is 2.15. The van der Waals surface area contributed by atoms with Crippen LogP contribution in [-0.2, 0) is 11.3 Å². The molecular formula is C26H27N3O2. The van der Waals surface area contributed by atoms with Crippen molar-refractivity contribution in [3.63, 3.8) is 0 Å². The third-order valence-electron chi connectivity index (χ3n) is 4.82. The maximum atomic E-state index is 12.9. The summed E-state index contributed by atoms with van der Waals surface area (Å²) >= 11 is 0. The Morgan fingerprint density at radius 2 is 1.52 bits per heavy atom. The van der Waals surface area contributed by atoms with Crippen LogP contribution in [0, 0.1) is 6.92 Å². The van der Waals surface area contributed by atoms with Gasteiger partial charge in [-0.1, -0.05) is 60.2 Å². The van der Waals surface area contributed by atoms with Gasteiger partial charge in [-0.15, -0.1) is 0 Å². The summed E-state index contributed by atoms with van der Waals surface area (Å²) in [7, 11) is 3.93. The van der Waals surface area contributed by atoms with Gasteiger partial charge < -0.3 is 15.5 Å². The van der Waals surface area contributed by atoms with Crippen LogP contribution in [0.4, 0.5) is 5.69 Å². The molecule has 3 aromatic carbocycles. The Kier molecular flexibility index (Phi) is 7.22. The number of hydrogen-bond donors (Lipinski definition) is 2. The molecule has 5 nitrogen and oxygen atoms in total. The van der Waals surface area contributed by atoms with E-state index in [2.05, 4.69) is 10.6 Å². The number of nitrogens with zero attached hydrogens (tertiary/aromatic N) is 1. The third kappa shape index (κ3) is 6.31. The summed E-state index contributed by atoms with van der Waals surface area (Å²) in [5, 5.41) is 5.66. The van der Waals surface area contributed by atoms with E-state index in [9.17, 15) is 9.59 Å². The van der Waals surface area contributed by atoms with Gasteiger partial charge >= 0.3 is 0 Å². The molecule has 0 bridgehead atoms. The quantitative estimate of drug-likeness (QED) is 0.572. The molecule has 0 saturated carbocycles. The minimum Gasteiger partial charge on any atom is -0.378 e. The lowest BCUT2D eigenvalue weighted by molar-refractivity contribution is -0.117. The Labute approximate surface area is 183 Å². The highest BCUT2D eigenvalue weighted by molar-refractivity contribution is 6.05. The molecule has 0 aromatic heterocycles. The van der Waals surface area contributed by atoms with Gasteiger partial charge in [0.05, 0.1) is 0 Å². The Balaban J connectivity index is 1.80. The number of carbonyl (C=O) groups excluding carboxylic acids is 2. The fourth-order valence-corrected chi connectivity index (χ4v) is 2.96. The van der Waals surface area contributed by atoms with Crippen LogP contribution >= 0.6 is 0 Å². The summed E-state index contributed by atoms with van der Waals surface area (Å²) < 4.78 is 0. The summed E-state index contributed by atoms with van der Waals surface area (Å²) in [6.45, 7) is 2.39. The molecule has 0 unspecified atom stereocenters.